The van der Waals surface area contributed by atoms with E-state index in [0.717, 1.165) is 16.7 Å². The van der Waals surface area contributed by atoms with E-state index < -0.39 is 228 Å². The van der Waals surface area contributed by atoms with Crippen molar-refractivity contribution in [2.75, 3.05) is 25.2 Å². The van der Waals surface area contributed by atoms with Gasteiger partial charge in [0.1, 0.15) is 41.2 Å². The first-order valence-electron chi connectivity index (χ1n) is 35.3. The zero-order chi connectivity index (χ0) is 78.7. The van der Waals surface area contributed by atoms with Gasteiger partial charge in [0, 0.05) is 351 Å². The number of ketones is 1. The van der Waals surface area contributed by atoms with Gasteiger partial charge in [0.2, 0.25) is 0 Å². The van der Waals surface area contributed by atoms with E-state index in [4.69, 9.17) is 56.1 Å². The van der Waals surface area contributed by atoms with Crippen molar-refractivity contribution in [3.05, 3.63) is 34.9 Å². The molecule has 6 aliphatic carbocycles. The number of Topliss-reactive ketones (excluding diaryl/α,β-unsaturated/α-hetero) is 1. The van der Waals surface area contributed by atoms with Gasteiger partial charge in [0.05, 0.1) is 117 Å². The first-order chi connectivity index (χ1) is 47.1. The molecule has 10 unspecified atom stereocenters. The minimum atomic E-state index is -1.58. The second-order valence-corrected chi connectivity index (χ2v) is 57.5. The molecule has 9 aliphatic rings. The van der Waals surface area contributed by atoms with Crippen LogP contribution in [0.1, 0.15) is 163 Å². The Balaban J connectivity index is 0.00000154. The molecule has 13 N–H and O–H groups in total. The van der Waals surface area contributed by atoms with Crippen LogP contribution in [0.4, 0.5) is 0 Å². The van der Waals surface area contributed by atoms with Gasteiger partial charge >= 0.3 is 17.9 Å². The molecule has 0 aromatic carbocycles. The van der Waals surface area contributed by atoms with Crippen molar-refractivity contribution in [1.29, 1.82) is 0 Å². The van der Waals surface area contributed by atoms with Gasteiger partial charge in [0.25, 0.3) is 0 Å². The van der Waals surface area contributed by atoms with Crippen molar-refractivity contribution in [3.8, 4) is 0 Å². The molecule has 3 aliphatic heterocycles. The monoisotopic (exact) mass is 2990 g/mol. The van der Waals surface area contributed by atoms with Crippen molar-refractivity contribution in [1.82, 2.24) is 0 Å². The van der Waals surface area contributed by atoms with Crippen LogP contribution in [0, 0.1) is 332 Å². The van der Waals surface area contributed by atoms with E-state index in [0.29, 0.717) is 19.3 Å². The van der Waals surface area contributed by atoms with Gasteiger partial charge in [-0.3, -0.25) is 19.2 Å². The van der Waals surface area contributed by atoms with Gasteiger partial charge < -0.3 is 99.3 Å². The Morgan fingerprint density at radius 3 is 1.04 bits per heavy atom. The molecule has 3 saturated heterocycles. The van der Waals surface area contributed by atoms with Crippen LogP contribution in [0.25, 0.3) is 0 Å². The predicted octanol–water partition coefficient (Wildman–Crippen LogP) is 7.60. The standard InChI is InChI=1S/C23H45O8P7.C23H38O8.C23H36O8.CH2Cl2.6Ac/c1-11-9-21(4,5)14(7-15(11)26)18(30-13(3)25)19-22(6,20(27)12(2)24)16(8-17-23(19,28)10-29-17)31-36(37(32)33)38(34)35;2*1-11-9-21(4,5)14(7-15(11)26)18(31-13(3)25)19-22(6,20(28)12(2)24)16(27)8-17-23(19,29)10-30-17;2-1-3;;;;;;/h9,12,14-20,24,26-28H,7-8,10,32-35H2,1-6H3;9,12,14-20,24,26-29H,7-8,10H2,1-6H3;9,12,14-19,24,26-27,29H,7-8,10H2,1-6H3;1H2;;;;;;/t2*12-,14?,15+,16+,17-,18-,19?,20-,22-,23+;12-,14?,15+,16+,17-,18-,19?,22-,23+;;;;;;;/m111......./s1. The number of fused-ring (bicyclic) bond motifs is 3. The van der Waals surface area contributed by atoms with E-state index in [1.165, 1.54) is 48.5 Å². The number of alkyl halides is 2. The van der Waals surface area contributed by atoms with Gasteiger partial charge in [-0.2, -0.15) is 0 Å². The van der Waals surface area contributed by atoms with Crippen molar-refractivity contribution >= 4 is 104 Å². The third kappa shape index (κ3) is 25.5. The molecule has 24 nitrogen and oxygen atoms in total. The van der Waals surface area contributed by atoms with E-state index in [-0.39, 0.29) is 315 Å². The molecule has 33 atom stereocenters. The van der Waals surface area contributed by atoms with Crippen LogP contribution in [0.5, 0.6) is 0 Å². The summed E-state index contributed by atoms with van der Waals surface area (Å²) in [6, 6.07) is 0. The molecule has 39 heteroatoms. The molecule has 9 rings (SSSR count). The Kier molecular flexibility index (Phi) is 51.3. The van der Waals surface area contributed by atoms with E-state index in [2.05, 4.69) is 35.7 Å². The molecule has 0 aromatic rings. The summed E-state index contributed by atoms with van der Waals surface area (Å²) in [4.78, 5) is 50.3. The smallest absolute Gasteiger partial charge is 0.302 e. The van der Waals surface area contributed by atoms with Crippen molar-refractivity contribution in [2.45, 2.75) is 284 Å². The van der Waals surface area contributed by atoms with Crippen LogP contribution in [0.3, 0.4) is 0 Å². The van der Waals surface area contributed by atoms with Gasteiger partial charge in [-0.15, -0.1) is 58.9 Å². The summed E-state index contributed by atoms with van der Waals surface area (Å²) in [6.07, 6.45) is -9.03. The first kappa shape index (κ1) is 118. The van der Waals surface area contributed by atoms with E-state index in [1.54, 1.807) is 6.92 Å². The average Bonchev–Trinajstić information content (AvgIpc) is 0.704. The van der Waals surface area contributed by atoms with Crippen molar-refractivity contribution in [2.24, 2.45) is 68.0 Å². The number of ether oxygens (including phenoxy) is 6. The van der Waals surface area contributed by atoms with Crippen LogP contribution in [0.15, 0.2) is 34.9 Å². The van der Waals surface area contributed by atoms with Crippen molar-refractivity contribution < 1.29 is 383 Å². The minimum absolute atomic E-state index is 0. The van der Waals surface area contributed by atoms with Gasteiger partial charge in [-0.05, 0) is 115 Å². The fourth-order valence-corrected chi connectivity index (χ4v) is 52.2. The van der Waals surface area contributed by atoms with Crippen LogP contribution in [-0.2, 0) is 52.1 Å². The maximum Gasteiger partial charge on any atom is 0.302 e. The van der Waals surface area contributed by atoms with Gasteiger partial charge in [-0.25, -0.2) is 0 Å². The third-order valence-electron chi connectivity index (χ3n) is 24.7. The third-order valence-corrected chi connectivity index (χ3v) is 47.1. The number of aliphatic hydroxyl groups excluding tert-OH is 10. The predicted molar refractivity (Wildman–Crippen MR) is 409 cm³/mol. The number of esters is 3. The molecule has 612 valence electrons. The second kappa shape index (κ2) is 47.4. The molecule has 3 heterocycles. The molecular formula is C70H121Ac6Cl2O24P7. The molecule has 0 amide bonds. The quantitative estimate of drug-likeness (QED) is 0.0195. The largest absolute Gasteiger partial charge is 0.462 e. The van der Waals surface area contributed by atoms with Crippen LogP contribution in [-0.4, -0.2) is 236 Å². The minimum Gasteiger partial charge on any atom is -0.462 e. The average molecular weight is 3000 g/mol. The normalized spacial score (nSPS) is 39.0. The molecule has 6 fully saturated rings. The Bertz CT molecular complexity index is 3100. The molecular weight excluding hydrogens is 2870 g/mol. The number of halogens is 2. The maximum absolute atomic E-state index is 13.2. The van der Waals surface area contributed by atoms with E-state index in [1.807, 2.05) is 87.5 Å². The summed E-state index contributed by atoms with van der Waals surface area (Å²) in [5.74, 6) is -6.30. The number of allylic oxidation sites excluding steroid dienone is 3. The number of hydrogen-bond acceptors (Lipinski definition) is 24. The SMILES string of the molecule is CC(=O)O[C@H](C1C[C@H](O)C(C)=CC1(C)C)C1[C@](C)([C@H](O)[C@@H](C)O)[C@@H](O)C[C@H]2OC[C@@]12O.CC(=O)O[C@H](C1C[C@H](O)C(C)=CC1(C)C)C1[C@](C)([C@H](O)[C@@H](C)O)[C@@H](OP(P(P)P)P(P)P)C[C@H]2OC[C@@]12O.CC(=O)O[C@H](C1C[C@H](O)C(C)=CC1(C)C)C1[C@]2(O)CO[C@@H]2C[C@H](O)[C@@]1(C)C(=O)[C@@H](C)O.ClCCl.[Ac].[Ac].[Ac].[Ac].[Ac].[Ac]. The number of carbonyl (C=O) groups excluding carboxylic acids is 4. The Morgan fingerprint density at radius 2 is 0.761 bits per heavy atom. The molecule has 0 bridgehead atoms. The Labute approximate surface area is 883 Å². The summed E-state index contributed by atoms with van der Waals surface area (Å²) in [5, 5.41) is 144. The van der Waals surface area contributed by atoms with Crippen LogP contribution in [0.2, 0.25) is 0 Å². The number of aliphatic hydroxyl groups is 13. The fourth-order valence-electron chi connectivity index (χ4n) is 19.3. The van der Waals surface area contributed by atoms with E-state index in [9.17, 15) is 85.6 Å². The second-order valence-electron chi connectivity index (χ2n) is 33.1. The Morgan fingerprint density at radius 1 is 0.486 bits per heavy atom. The van der Waals surface area contributed by atoms with E-state index >= 15 is 0 Å². The number of hydrogen-bond donors (Lipinski definition) is 13. The molecule has 0 aromatic heterocycles. The molecule has 109 heavy (non-hydrogen) atoms. The Hall–Kier alpha value is 8.86. The maximum atomic E-state index is 13.2. The van der Waals surface area contributed by atoms with Crippen molar-refractivity contribution in [3.63, 3.8) is 0 Å². The van der Waals surface area contributed by atoms with Gasteiger partial charge in [-0.1, -0.05) is 73.6 Å². The topological polar surface area (TPSA) is 396 Å². The summed E-state index contributed by atoms with van der Waals surface area (Å²) in [7, 11) is 10.4. The van der Waals surface area contributed by atoms with Crippen LogP contribution >= 0.6 is 80.4 Å². The fraction of sp³-hybridized carbons (Fsp3) is 0.857. The first-order valence-corrected chi connectivity index (χ1v) is 48.1. The summed E-state index contributed by atoms with van der Waals surface area (Å²) >= 11 is 9.53. The number of carbonyl (C=O) groups is 4. The summed E-state index contributed by atoms with van der Waals surface area (Å²) < 4.78 is 41.5. The summed E-state index contributed by atoms with van der Waals surface area (Å²) in [5.41, 5.74) is -7.61. The zero-order valence-corrected chi connectivity index (χ0v) is 104. The molecule has 6 radical (unpaired) electrons. The zero-order valence-electron chi connectivity index (χ0n) is 66.3. The molecule has 0 spiro atoms. The van der Waals surface area contributed by atoms with Gasteiger partial charge in [0.15, 0.2) is 5.78 Å². The summed E-state index contributed by atoms with van der Waals surface area (Å²) in [6.45, 7) is 29.3. The number of rotatable bonds is 19. The van der Waals surface area contributed by atoms with Crippen LogP contribution < -0.4 is 0 Å². The molecule has 3 saturated carbocycles.